The number of amides is 3. The van der Waals surface area contributed by atoms with E-state index in [0.29, 0.717) is 11.6 Å². The highest BCUT2D eigenvalue weighted by Crippen LogP contribution is 2.60. The van der Waals surface area contributed by atoms with E-state index in [4.69, 9.17) is 4.74 Å². The average molecular weight is 524 g/mol. The summed E-state index contributed by atoms with van der Waals surface area (Å²) in [6, 6.07) is 4.82. The average Bonchev–Trinajstić information content (AvgIpc) is 3.47. The van der Waals surface area contributed by atoms with E-state index in [1.54, 1.807) is 4.90 Å². The van der Waals surface area contributed by atoms with Crippen LogP contribution in [0, 0.1) is 23.6 Å². The van der Waals surface area contributed by atoms with Gasteiger partial charge >= 0.3 is 0 Å². The molecule has 2 saturated carbocycles. The number of hydrogen-bond acceptors (Lipinski definition) is 4. The zero-order valence-electron chi connectivity index (χ0n) is 22.3. The highest BCUT2D eigenvalue weighted by atomic mass is 19.1. The molecule has 38 heavy (non-hydrogen) atoms. The van der Waals surface area contributed by atoms with Gasteiger partial charge in [0.1, 0.15) is 17.5 Å². The van der Waals surface area contributed by atoms with Gasteiger partial charge in [-0.2, -0.15) is 0 Å². The van der Waals surface area contributed by atoms with Gasteiger partial charge in [-0.3, -0.25) is 14.4 Å². The lowest BCUT2D eigenvalue weighted by atomic mass is 9.70. The molecule has 204 valence electrons. The summed E-state index contributed by atoms with van der Waals surface area (Å²) >= 11 is 0. The molecule has 0 radical (unpaired) electrons. The van der Waals surface area contributed by atoms with Gasteiger partial charge in [0, 0.05) is 17.8 Å². The molecule has 1 aromatic carbocycles. The number of ether oxygens (including phenoxy) is 1. The van der Waals surface area contributed by atoms with E-state index in [0.717, 1.165) is 51.4 Å². The van der Waals surface area contributed by atoms with Crippen LogP contribution in [0.5, 0.6) is 0 Å². The summed E-state index contributed by atoms with van der Waals surface area (Å²) in [5, 5.41) is 6.14. The van der Waals surface area contributed by atoms with E-state index in [1.165, 1.54) is 30.7 Å². The zero-order chi connectivity index (χ0) is 26.7. The predicted octanol–water partition coefficient (Wildman–Crippen LogP) is 4.33. The molecule has 0 aromatic heterocycles. The van der Waals surface area contributed by atoms with Crippen molar-refractivity contribution in [3.05, 3.63) is 42.2 Å². The van der Waals surface area contributed by atoms with Gasteiger partial charge in [0.2, 0.25) is 17.7 Å². The number of hydrogen-bond donors (Lipinski definition) is 2. The molecule has 8 heteroatoms. The molecule has 3 heterocycles. The Morgan fingerprint density at radius 3 is 2.34 bits per heavy atom. The van der Waals surface area contributed by atoms with Crippen molar-refractivity contribution in [2.75, 3.05) is 5.32 Å². The zero-order valence-corrected chi connectivity index (χ0v) is 22.3. The SMILES string of the molecule is CC1CCC(N2C(=O)[C@@H]3[C@@H](C(=O)Nc4ccc(F)cc4)[C@]4(C)C=C[C@@]3(O4)[C@@H]2C(=O)NC2CCCCC2)CC1. The molecule has 1 aromatic rings. The molecular formula is C30H38FN3O4. The lowest BCUT2D eigenvalue weighted by Crippen LogP contribution is -2.59. The van der Waals surface area contributed by atoms with E-state index in [9.17, 15) is 18.8 Å². The van der Waals surface area contributed by atoms with Crippen molar-refractivity contribution in [2.45, 2.75) is 101 Å². The summed E-state index contributed by atoms with van der Waals surface area (Å²) in [7, 11) is 0. The number of rotatable bonds is 5. The minimum atomic E-state index is -1.18. The fourth-order valence-electron chi connectivity index (χ4n) is 7.76. The quantitative estimate of drug-likeness (QED) is 0.563. The normalized spacial score (nSPS) is 38.3. The van der Waals surface area contributed by atoms with E-state index in [2.05, 4.69) is 17.6 Å². The number of likely N-dealkylation sites (tertiary alicyclic amines) is 1. The standard InChI is InChI=1S/C30H38FN3O4/c1-18-8-14-22(15-9-18)34-25(27(36)33-20-6-4-3-5-7-20)30-17-16-29(2,38-30)23(24(30)28(34)37)26(35)32-21-12-10-19(31)11-13-21/h10-13,16-18,20,22-25H,3-9,14-15H2,1-2H3,(H,32,35)(H,33,36)/t18?,22?,23-,24-,25-,29-,30-/m0/s1. The minimum Gasteiger partial charge on any atom is -0.356 e. The number of fused-ring (bicyclic) bond motifs is 1. The van der Waals surface area contributed by atoms with E-state index in [1.807, 2.05) is 19.1 Å². The Kier molecular flexibility index (Phi) is 6.36. The number of nitrogens with one attached hydrogen (secondary N) is 2. The van der Waals surface area contributed by atoms with Gasteiger partial charge in [0.25, 0.3) is 0 Å². The summed E-state index contributed by atoms with van der Waals surface area (Å²) in [5.41, 5.74) is -1.74. The summed E-state index contributed by atoms with van der Waals surface area (Å²) in [6.45, 7) is 4.05. The number of carbonyl (C=O) groups is 3. The van der Waals surface area contributed by atoms with Gasteiger partial charge in [-0.15, -0.1) is 0 Å². The van der Waals surface area contributed by atoms with Crippen LogP contribution in [0.3, 0.4) is 0 Å². The van der Waals surface area contributed by atoms with Crippen LogP contribution >= 0.6 is 0 Å². The molecule has 3 aliphatic heterocycles. The fourth-order valence-corrected chi connectivity index (χ4v) is 7.76. The molecule has 7 nitrogen and oxygen atoms in total. The van der Waals surface area contributed by atoms with E-state index < -0.39 is 34.9 Å². The summed E-state index contributed by atoms with van der Waals surface area (Å²) < 4.78 is 20.1. The smallest absolute Gasteiger partial charge is 0.246 e. The molecule has 4 fully saturated rings. The first-order valence-electron chi connectivity index (χ1n) is 14.3. The molecule has 5 aliphatic rings. The third-order valence-electron chi connectivity index (χ3n) is 9.71. The monoisotopic (exact) mass is 523 g/mol. The third kappa shape index (κ3) is 4.07. The van der Waals surface area contributed by atoms with Gasteiger partial charge < -0.3 is 20.3 Å². The van der Waals surface area contributed by atoms with Gasteiger partial charge in [-0.25, -0.2) is 4.39 Å². The van der Waals surface area contributed by atoms with E-state index in [-0.39, 0.29) is 29.8 Å². The predicted molar refractivity (Wildman–Crippen MR) is 140 cm³/mol. The minimum absolute atomic E-state index is 0.0505. The van der Waals surface area contributed by atoms with Gasteiger partial charge in [0.05, 0.1) is 17.4 Å². The third-order valence-corrected chi connectivity index (χ3v) is 9.71. The maximum atomic E-state index is 14.3. The molecule has 0 unspecified atom stereocenters. The molecule has 2 bridgehead atoms. The second-order valence-corrected chi connectivity index (χ2v) is 12.3. The molecule has 5 atom stereocenters. The van der Waals surface area contributed by atoms with Crippen LogP contribution in [0.1, 0.15) is 71.6 Å². The number of halogens is 1. The van der Waals surface area contributed by atoms with Crippen molar-refractivity contribution in [3.8, 4) is 0 Å². The number of carbonyl (C=O) groups excluding carboxylic acids is 3. The maximum Gasteiger partial charge on any atom is 0.246 e. The van der Waals surface area contributed by atoms with Crippen molar-refractivity contribution in [1.82, 2.24) is 10.2 Å². The molecule has 2 aliphatic carbocycles. The number of benzene rings is 1. The van der Waals surface area contributed by atoms with Crippen molar-refractivity contribution in [3.63, 3.8) is 0 Å². The van der Waals surface area contributed by atoms with Crippen molar-refractivity contribution < 1.29 is 23.5 Å². The molecule has 3 amide bonds. The van der Waals surface area contributed by atoms with Gasteiger partial charge in [0.15, 0.2) is 0 Å². The second-order valence-electron chi connectivity index (χ2n) is 12.3. The van der Waals surface area contributed by atoms with Crippen LogP contribution in [0.25, 0.3) is 0 Å². The topological polar surface area (TPSA) is 87.7 Å². The van der Waals surface area contributed by atoms with Crippen LogP contribution in [0.2, 0.25) is 0 Å². The molecular weight excluding hydrogens is 485 g/mol. The van der Waals surface area contributed by atoms with Crippen LogP contribution < -0.4 is 10.6 Å². The summed E-state index contributed by atoms with van der Waals surface area (Å²) in [6.07, 6.45) is 12.7. The van der Waals surface area contributed by atoms with E-state index >= 15 is 0 Å². The van der Waals surface area contributed by atoms with Gasteiger partial charge in [-0.1, -0.05) is 38.3 Å². The second kappa shape index (κ2) is 9.47. The lowest BCUT2D eigenvalue weighted by Gasteiger charge is -2.40. The van der Waals surface area contributed by atoms with Gasteiger partial charge in [-0.05, 0) is 75.6 Å². The van der Waals surface area contributed by atoms with Crippen LogP contribution in [-0.2, 0) is 19.1 Å². The first-order valence-corrected chi connectivity index (χ1v) is 14.3. The van der Waals surface area contributed by atoms with Crippen molar-refractivity contribution in [1.29, 1.82) is 0 Å². The van der Waals surface area contributed by atoms with Crippen LogP contribution in [0.4, 0.5) is 10.1 Å². The highest BCUT2D eigenvalue weighted by molar-refractivity contribution is 6.03. The van der Waals surface area contributed by atoms with Crippen LogP contribution in [-0.4, -0.2) is 51.9 Å². The molecule has 2 saturated heterocycles. The first kappa shape index (κ1) is 25.5. The first-order chi connectivity index (χ1) is 18.2. The summed E-state index contributed by atoms with van der Waals surface area (Å²) in [5.74, 6) is -2.08. The lowest BCUT2D eigenvalue weighted by molar-refractivity contribution is -0.147. The van der Waals surface area contributed by atoms with Crippen molar-refractivity contribution in [2.24, 2.45) is 17.8 Å². The number of nitrogens with zero attached hydrogens (tertiary/aromatic N) is 1. The number of anilines is 1. The van der Waals surface area contributed by atoms with Crippen LogP contribution in [0.15, 0.2) is 36.4 Å². The molecule has 2 N–H and O–H groups in total. The Morgan fingerprint density at radius 2 is 1.66 bits per heavy atom. The molecule has 1 spiro atoms. The Labute approximate surface area is 223 Å². The Hall–Kier alpha value is -2.74. The Bertz CT molecular complexity index is 1140. The van der Waals surface area contributed by atoms with Crippen molar-refractivity contribution >= 4 is 23.4 Å². The maximum absolute atomic E-state index is 14.3. The summed E-state index contributed by atoms with van der Waals surface area (Å²) in [4.78, 5) is 43.9. The fraction of sp³-hybridized carbons (Fsp3) is 0.633. The largest absolute Gasteiger partial charge is 0.356 e. The Morgan fingerprint density at radius 1 is 0.974 bits per heavy atom. The molecule has 6 rings (SSSR count). The Balaban J connectivity index is 1.34. The highest BCUT2D eigenvalue weighted by Gasteiger charge is 2.76.